The lowest BCUT2D eigenvalue weighted by Gasteiger charge is -2.30. The Balaban J connectivity index is 1.54. The van der Waals surface area contributed by atoms with Crippen molar-refractivity contribution in [2.24, 2.45) is 16.5 Å². The second kappa shape index (κ2) is 10.9. The van der Waals surface area contributed by atoms with E-state index in [-0.39, 0.29) is 36.2 Å². The molecule has 0 bridgehead atoms. The topological polar surface area (TPSA) is 141 Å². The standard InChI is InChI=1S/C25H28F3N7O2/c1-14-6-11-18-17(12-14)21(33-19-4-2-3-5-20(19)34-24(29)30)35-22(32-18)23(36)31-13-15-7-9-16(10-8-15)37-25(26,27)28/h6-12,19-20H,2-5,13H2,1H3,(H,31,36)(H4,29,30,34)(H,32,33,35)/t19-,20+/m0/s1. The highest BCUT2D eigenvalue weighted by Gasteiger charge is 2.31. The normalized spacial score (nSPS) is 17.7. The van der Waals surface area contributed by atoms with Crippen LogP contribution in [-0.4, -0.2) is 40.3 Å². The van der Waals surface area contributed by atoms with Crippen LogP contribution in [0.3, 0.4) is 0 Å². The first kappa shape index (κ1) is 26.0. The van der Waals surface area contributed by atoms with Gasteiger partial charge in [-0.2, -0.15) is 0 Å². The number of benzene rings is 2. The van der Waals surface area contributed by atoms with E-state index in [0.29, 0.717) is 16.9 Å². The van der Waals surface area contributed by atoms with E-state index < -0.39 is 12.3 Å². The van der Waals surface area contributed by atoms with Crippen molar-refractivity contribution in [3.05, 3.63) is 59.4 Å². The predicted molar refractivity (Wildman–Crippen MR) is 134 cm³/mol. The predicted octanol–water partition coefficient (Wildman–Crippen LogP) is 3.76. The largest absolute Gasteiger partial charge is 0.573 e. The number of hydrogen-bond acceptors (Lipinski definition) is 6. The van der Waals surface area contributed by atoms with E-state index in [9.17, 15) is 18.0 Å². The van der Waals surface area contributed by atoms with Gasteiger partial charge in [0, 0.05) is 11.9 Å². The molecule has 0 aliphatic heterocycles. The number of rotatable bonds is 7. The lowest BCUT2D eigenvalue weighted by molar-refractivity contribution is -0.274. The number of anilines is 1. The SMILES string of the molecule is Cc1ccc2nc(C(=O)NCc3ccc(OC(F)(F)F)cc3)nc(N[C@H]3CCCC[C@H]3N=C(N)N)c2c1. The van der Waals surface area contributed by atoms with Gasteiger partial charge in [0.2, 0.25) is 5.82 Å². The maximum atomic E-state index is 12.9. The fourth-order valence-corrected chi connectivity index (χ4v) is 4.33. The number of alkyl halides is 3. The molecular weight excluding hydrogens is 487 g/mol. The van der Waals surface area contributed by atoms with Crippen molar-refractivity contribution in [1.82, 2.24) is 15.3 Å². The second-order valence-electron chi connectivity index (χ2n) is 8.95. The molecule has 37 heavy (non-hydrogen) atoms. The number of fused-ring (bicyclic) bond motifs is 1. The van der Waals surface area contributed by atoms with Crippen LogP contribution in [0.4, 0.5) is 19.0 Å². The van der Waals surface area contributed by atoms with Gasteiger partial charge in [-0.25, -0.2) is 15.0 Å². The van der Waals surface area contributed by atoms with Gasteiger partial charge in [0.1, 0.15) is 11.6 Å². The van der Waals surface area contributed by atoms with Crippen molar-refractivity contribution in [3.8, 4) is 5.75 Å². The lowest BCUT2D eigenvalue weighted by atomic mass is 9.90. The van der Waals surface area contributed by atoms with Gasteiger partial charge >= 0.3 is 6.36 Å². The zero-order valence-electron chi connectivity index (χ0n) is 20.2. The number of amides is 1. The van der Waals surface area contributed by atoms with Crippen LogP contribution in [0.5, 0.6) is 5.75 Å². The average Bonchev–Trinajstić information content (AvgIpc) is 2.83. The van der Waals surface area contributed by atoms with E-state index in [0.717, 1.165) is 36.6 Å². The van der Waals surface area contributed by atoms with Gasteiger partial charge in [-0.05, 0) is 49.6 Å². The summed E-state index contributed by atoms with van der Waals surface area (Å²) >= 11 is 0. The number of nitrogens with one attached hydrogen (secondary N) is 2. The molecule has 1 aromatic heterocycles. The van der Waals surface area contributed by atoms with Crippen molar-refractivity contribution >= 4 is 28.6 Å². The molecule has 1 amide bonds. The van der Waals surface area contributed by atoms with Gasteiger partial charge in [-0.1, -0.05) is 36.6 Å². The molecule has 2 aromatic carbocycles. The van der Waals surface area contributed by atoms with Crippen LogP contribution in [-0.2, 0) is 6.54 Å². The minimum atomic E-state index is -4.77. The molecule has 3 aromatic rings. The Labute approximate surface area is 211 Å². The number of guanidine groups is 1. The molecule has 4 rings (SSSR count). The number of nitrogens with two attached hydrogens (primary N) is 2. The Hall–Kier alpha value is -4.09. The lowest BCUT2D eigenvalue weighted by Crippen LogP contribution is -2.38. The smallest absolute Gasteiger partial charge is 0.406 e. The number of ether oxygens (including phenoxy) is 1. The highest BCUT2D eigenvalue weighted by Crippen LogP contribution is 2.28. The molecule has 0 unspecified atom stereocenters. The molecule has 1 saturated carbocycles. The van der Waals surface area contributed by atoms with Gasteiger partial charge in [-0.15, -0.1) is 13.2 Å². The van der Waals surface area contributed by atoms with Crippen LogP contribution in [0.15, 0.2) is 47.5 Å². The first-order valence-corrected chi connectivity index (χ1v) is 11.8. The Bertz CT molecular complexity index is 1290. The molecule has 12 heteroatoms. The van der Waals surface area contributed by atoms with Crippen LogP contribution in [0.25, 0.3) is 10.9 Å². The number of halogens is 3. The van der Waals surface area contributed by atoms with Crippen molar-refractivity contribution in [1.29, 1.82) is 0 Å². The molecule has 1 aliphatic rings. The number of carbonyl (C=O) groups excluding carboxylic acids is 1. The first-order valence-electron chi connectivity index (χ1n) is 11.8. The highest BCUT2D eigenvalue weighted by atomic mass is 19.4. The summed E-state index contributed by atoms with van der Waals surface area (Å²) in [4.78, 5) is 26.3. The monoisotopic (exact) mass is 515 g/mol. The number of aryl methyl sites for hydroxylation is 1. The van der Waals surface area contributed by atoms with Crippen molar-refractivity contribution in [2.45, 2.75) is 57.6 Å². The van der Waals surface area contributed by atoms with Gasteiger partial charge in [-0.3, -0.25) is 4.79 Å². The second-order valence-corrected chi connectivity index (χ2v) is 8.95. The minimum absolute atomic E-state index is 0.0279. The number of hydrogen-bond donors (Lipinski definition) is 4. The van der Waals surface area contributed by atoms with Crippen LogP contribution >= 0.6 is 0 Å². The molecule has 6 N–H and O–H groups in total. The van der Waals surface area contributed by atoms with Gasteiger partial charge in [0.05, 0.1) is 17.6 Å². The van der Waals surface area contributed by atoms with Crippen LogP contribution in [0.2, 0.25) is 0 Å². The summed E-state index contributed by atoms with van der Waals surface area (Å²) < 4.78 is 40.9. The molecule has 0 spiro atoms. The fourth-order valence-electron chi connectivity index (χ4n) is 4.33. The molecule has 0 saturated heterocycles. The van der Waals surface area contributed by atoms with E-state index in [1.807, 2.05) is 25.1 Å². The Morgan fingerprint density at radius 3 is 2.54 bits per heavy atom. The van der Waals surface area contributed by atoms with Crippen molar-refractivity contribution in [2.75, 3.05) is 5.32 Å². The summed E-state index contributed by atoms with van der Waals surface area (Å²) in [6.07, 6.45) is -1.07. The quantitative estimate of drug-likeness (QED) is 0.277. The van der Waals surface area contributed by atoms with Crippen LogP contribution < -0.4 is 26.8 Å². The summed E-state index contributed by atoms with van der Waals surface area (Å²) in [5.41, 5.74) is 13.5. The van der Waals surface area contributed by atoms with Gasteiger partial charge in [0.15, 0.2) is 5.96 Å². The van der Waals surface area contributed by atoms with Crippen LogP contribution in [0.1, 0.15) is 47.4 Å². The number of carbonyl (C=O) groups is 1. The van der Waals surface area contributed by atoms with E-state index >= 15 is 0 Å². The molecule has 9 nitrogen and oxygen atoms in total. The Morgan fingerprint density at radius 1 is 1.11 bits per heavy atom. The van der Waals surface area contributed by atoms with Gasteiger partial charge in [0.25, 0.3) is 5.91 Å². The number of aliphatic imine (C=N–C) groups is 1. The molecule has 1 aliphatic carbocycles. The Morgan fingerprint density at radius 2 is 1.84 bits per heavy atom. The minimum Gasteiger partial charge on any atom is -0.406 e. The molecule has 2 atom stereocenters. The van der Waals surface area contributed by atoms with Crippen molar-refractivity contribution in [3.63, 3.8) is 0 Å². The molecule has 0 radical (unpaired) electrons. The maximum absolute atomic E-state index is 12.9. The van der Waals surface area contributed by atoms with E-state index in [1.54, 1.807) is 0 Å². The van der Waals surface area contributed by atoms with Crippen LogP contribution in [0, 0.1) is 6.92 Å². The molecular formula is C25H28F3N7O2. The third-order valence-corrected chi connectivity index (χ3v) is 6.03. The number of aromatic nitrogens is 2. The third-order valence-electron chi connectivity index (χ3n) is 6.03. The zero-order chi connectivity index (χ0) is 26.6. The maximum Gasteiger partial charge on any atom is 0.573 e. The van der Waals surface area contributed by atoms with E-state index in [1.165, 1.54) is 24.3 Å². The summed E-state index contributed by atoms with van der Waals surface area (Å²) in [6.45, 7) is 2.02. The zero-order valence-corrected chi connectivity index (χ0v) is 20.2. The average molecular weight is 516 g/mol. The molecule has 1 heterocycles. The third kappa shape index (κ3) is 6.99. The summed E-state index contributed by atoms with van der Waals surface area (Å²) in [6, 6.07) is 10.7. The number of nitrogens with zero attached hydrogens (tertiary/aromatic N) is 3. The van der Waals surface area contributed by atoms with Crippen molar-refractivity contribution < 1.29 is 22.7 Å². The fraction of sp³-hybridized carbons (Fsp3) is 0.360. The van der Waals surface area contributed by atoms with E-state index in [4.69, 9.17) is 11.5 Å². The molecule has 1 fully saturated rings. The Kier molecular flexibility index (Phi) is 7.65. The summed E-state index contributed by atoms with van der Waals surface area (Å²) in [7, 11) is 0. The molecule has 196 valence electrons. The summed E-state index contributed by atoms with van der Waals surface area (Å²) in [5, 5.41) is 6.93. The van der Waals surface area contributed by atoms with E-state index in [2.05, 4.69) is 30.3 Å². The van der Waals surface area contributed by atoms with Gasteiger partial charge < -0.3 is 26.8 Å². The summed E-state index contributed by atoms with van der Waals surface area (Å²) in [5.74, 6) is -0.362. The first-order chi connectivity index (χ1) is 17.6. The highest BCUT2D eigenvalue weighted by molar-refractivity contribution is 5.96.